The zero-order valence-electron chi connectivity index (χ0n) is 6.95. The van der Waals surface area contributed by atoms with E-state index in [2.05, 4.69) is 4.98 Å². The molecule has 1 aromatic rings. The second kappa shape index (κ2) is 4.74. The Kier molecular flexibility index (Phi) is 3.56. The zero-order chi connectivity index (χ0) is 8.81. The number of hydrogen-bond acceptors (Lipinski definition) is 5. The van der Waals surface area contributed by atoms with Crippen LogP contribution in [0, 0.1) is 0 Å². The predicted molar refractivity (Wildman–Crippen MR) is 41.8 cm³/mol. The lowest BCUT2D eigenvalue weighted by Gasteiger charge is -1.97. The van der Waals surface area contributed by atoms with E-state index < -0.39 is 0 Å². The summed E-state index contributed by atoms with van der Waals surface area (Å²) >= 11 is 0. The molecule has 0 saturated heterocycles. The first-order valence-electron chi connectivity index (χ1n) is 3.63. The molecule has 68 valence electrons. The third-order valence-corrected chi connectivity index (χ3v) is 1.25. The van der Waals surface area contributed by atoms with Gasteiger partial charge in [0.15, 0.2) is 0 Å². The van der Waals surface area contributed by atoms with Gasteiger partial charge in [-0.1, -0.05) is 0 Å². The molecule has 0 spiro atoms. The molecule has 0 atom stereocenters. The average molecular weight is 172 g/mol. The normalized spacial score (nSPS) is 10.2. The summed E-state index contributed by atoms with van der Waals surface area (Å²) in [6.07, 6.45) is 1.72. The van der Waals surface area contributed by atoms with Gasteiger partial charge in [-0.3, -0.25) is 0 Å². The monoisotopic (exact) mass is 172 g/mol. The first-order valence-corrected chi connectivity index (χ1v) is 3.63. The van der Waals surface area contributed by atoms with Crippen LogP contribution >= 0.6 is 0 Å². The fraction of sp³-hybridized carbons (Fsp3) is 0.571. The van der Waals surface area contributed by atoms with Crippen LogP contribution in [0.4, 0.5) is 0 Å². The molecule has 0 bridgehead atoms. The molecule has 0 radical (unpaired) electrons. The molecule has 1 aromatic heterocycles. The maximum Gasteiger partial charge on any atom is 0.393 e. The fourth-order valence-corrected chi connectivity index (χ4v) is 0.661. The Labute approximate surface area is 70.5 Å². The summed E-state index contributed by atoms with van der Waals surface area (Å²) in [5.41, 5.74) is 6.00. The molecule has 0 aliphatic rings. The molecule has 2 N–H and O–H groups in total. The van der Waals surface area contributed by atoms with Gasteiger partial charge in [0, 0.05) is 13.7 Å². The summed E-state index contributed by atoms with van der Waals surface area (Å²) in [6.45, 7) is 1.30. The molecular formula is C7H12N2O3. The van der Waals surface area contributed by atoms with Gasteiger partial charge >= 0.3 is 6.08 Å². The second-order valence-electron chi connectivity index (χ2n) is 2.15. The van der Waals surface area contributed by atoms with Gasteiger partial charge in [-0.05, 0) is 0 Å². The minimum Gasteiger partial charge on any atom is -0.448 e. The molecule has 0 aliphatic heterocycles. The molecule has 0 unspecified atom stereocenters. The minimum absolute atomic E-state index is 0.243. The smallest absolute Gasteiger partial charge is 0.393 e. The molecule has 1 rings (SSSR count). The van der Waals surface area contributed by atoms with Gasteiger partial charge in [-0.25, -0.2) is 0 Å². The lowest BCUT2D eigenvalue weighted by atomic mass is 10.5. The standard InChI is InChI=1S/C7H12N2O3/c1-10-2-3-11-7-9-6(4-8)5-12-7/h5H,2-4,8H2,1H3. The Balaban J connectivity index is 2.31. The summed E-state index contributed by atoms with van der Waals surface area (Å²) in [5.74, 6) is 0. The minimum atomic E-state index is 0.243. The van der Waals surface area contributed by atoms with Crippen molar-refractivity contribution in [2.45, 2.75) is 6.54 Å². The highest BCUT2D eigenvalue weighted by Crippen LogP contribution is 2.08. The highest BCUT2D eigenvalue weighted by atomic mass is 16.6. The van der Waals surface area contributed by atoms with Gasteiger partial charge in [0.05, 0.1) is 12.3 Å². The number of rotatable bonds is 5. The summed E-state index contributed by atoms with van der Waals surface area (Å²) in [5, 5.41) is 0. The molecule has 5 nitrogen and oxygen atoms in total. The molecule has 0 fully saturated rings. The molecule has 5 heteroatoms. The highest BCUT2D eigenvalue weighted by Gasteiger charge is 2.01. The van der Waals surface area contributed by atoms with E-state index in [4.69, 9.17) is 19.6 Å². The van der Waals surface area contributed by atoms with Gasteiger partial charge in [0.2, 0.25) is 0 Å². The van der Waals surface area contributed by atoms with Gasteiger partial charge in [0.25, 0.3) is 0 Å². The van der Waals surface area contributed by atoms with Crippen LogP contribution in [0.15, 0.2) is 10.7 Å². The molecule has 0 aliphatic carbocycles. The largest absolute Gasteiger partial charge is 0.448 e. The van der Waals surface area contributed by atoms with E-state index in [1.807, 2.05) is 0 Å². The number of methoxy groups -OCH3 is 1. The number of nitrogens with zero attached hydrogens (tertiary/aromatic N) is 1. The molecule has 0 saturated carbocycles. The van der Waals surface area contributed by atoms with Crippen LogP contribution in [0.25, 0.3) is 0 Å². The van der Waals surface area contributed by atoms with Crippen LogP contribution in [0.3, 0.4) is 0 Å². The number of nitrogens with two attached hydrogens (primary N) is 1. The van der Waals surface area contributed by atoms with E-state index in [0.717, 1.165) is 0 Å². The van der Waals surface area contributed by atoms with Crippen LogP contribution in [0.1, 0.15) is 5.69 Å². The van der Waals surface area contributed by atoms with E-state index in [1.165, 1.54) is 6.26 Å². The van der Waals surface area contributed by atoms with Crippen molar-refractivity contribution in [3.05, 3.63) is 12.0 Å². The Morgan fingerprint density at radius 2 is 2.42 bits per heavy atom. The van der Waals surface area contributed by atoms with Gasteiger partial charge < -0.3 is 19.6 Å². The van der Waals surface area contributed by atoms with Gasteiger partial charge in [-0.2, -0.15) is 4.98 Å². The fourth-order valence-electron chi connectivity index (χ4n) is 0.661. The average Bonchev–Trinajstić information content (AvgIpc) is 2.53. The summed E-state index contributed by atoms with van der Waals surface area (Å²) in [4.78, 5) is 3.93. The van der Waals surface area contributed by atoms with Crippen molar-refractivity contribution in [1.29, 1.82) is 0 Å². The van der Waals surface area contributed by atoms with Crippen molar-refractivity contribution >= 4 is 0 Å². The Morgan fingerprint density at radius 3 is 3.00 bits per heavy atom. The van der Waals surface area contributed by atoms with Crippen LogP contribution in [0.2, 0.25) is 0 Å². The van der Waals surface area contributed by atoms with Crippen LogP contribution in [-0.2, 0) is 11.3 Å². The van der Waals surface area contributed by atoms with E-state index in [1.54, 1.807) is 7.11 Å². The van der Waals surface area contributed by atoms with E-state index in [-0.39, 0.29) is 6.08 Å². The highest BCUT2D eigenvalue weighted by molar-refractivity contribution is 4.98. The lowest BCUT2D eigenvalue weighted by molar-refractivity contribution is 0.126. The molecule has 12 heavy (non-hydrogen) atoms. The van der Waals surface area contributed by atoms with E-state index in [0.29, 0.717) is 25.5 Å². The SMILES string of the molecule is COCCOc1nc(CN)co1. The quantitative estimate of drug-likeness (QED) is 0.640. The maximum absolute atomic E-state index is 5.32. The van der Waals surface area contributed by atoms with Crippen LogP contribution in [0.5, 0.6) is 6.08 Å². The first kappa shape index (κ1) is 9.02. The molecule has 1 heterocycles. The third kappa shape index (κ3) is 2.52. The first-order chi connectivity index (χ1) is 5.86. The Morgan fingerprint density at radius 1 is 1.58 bits per heavy atom. The van der Waals surface area contributed by atoms with Crippen molar-refractivity contribution in [2.24, 2.45) is 5.73 Å². The van der Waals surface area contributed by atoms with Crippen molar-refractivity contribution < 1.29 is 13.9 Å². The van der Waals surface area contributed by atoms with E-state index in [9.17, 15) is 0 Å². The van der Waals surface area contributed by atoms with Crippen molar-refractivity contribution in [2.75, 3.05) is 20.3 Å². The molecule has 0 aromatic carbocycles. The number of ether oxygens (including phenoxy) is 2. The Bertz CT molecular complexity index is 224. The van der Waals surface area contributed by atoms with E-state index >= 15 is 0 Å². The number of aromatic nitrogens is 1. The number of oxazole rings is 1. The third-order valence-electron chi connectivity index (χ3n) is 1.25. The van der Waals surface area contributed by atoms with Crippen LogP contribution < -0.4 is 10.5 Å². The number of hydrogen-bond donors (Lipinski definition) is 1. The maximum atomic E-state index is 5.32. The lowest BCUT2D eigenvalue weighted by Crippen LogP contribution is -2.04. The second-order valence-corrected chi connectivity index (χ2v) is 2.15. The van der Waals surface area contributed by atoms with Crippen molar-refractivity contribution in [3.63, 3.8) is 0 Å². The van der Waals surface area contributed by atoms with Gasteiger partial charge in [0.1, 0.15) is 12.9 Å². The molecular weight excluding hydrogens is 160 g/mol. The van der Waals surface area contributed by atoms with Crippen LogP contribution in [-0.4, -0.2) is 25.3 Å². The summed E-state index contributed by atoms with van der Waals surface area (Å²) in [7, 11) is 1.60. The predicted octanol–water partition coefficient (Wildman–Crippen LogP) is 0.159. The molecule has 0 amide bonds. The topological polar surface area (TPSA) is 70.5 Å². The zero-order valence-corrected chi connectivity index (χ0v) is 6.95. The summed E-state index contributed by atoms with van der Waals surface area (Å²) < 4.78 is 14.8. The van der Waals surface area contributed by atoms with Crippen molar-refractivity contribution in [1.82, 2.24) is 4.98 Å². The van der Waals surface area contributed by atoms with Gasteiger partial charge in [-0.15, -0.1) is 0 Å². The van der Waals surface area contributed by atoms with Crippen molar-refractivity contribution in [3.8, 4) is 6.08 Å². The summed E-state index contributed by atoms with van der Waals surface area (Å²) in [6, 6.07) is 0. The Hall–Kier alpha value is -1.07.